The first-order valence-corrected chi connectivity index (χ1v) is 10.0. The molecule has 2 rings (SSSR count). The zero-order valence-electron chi connectivity index (χ0n) is 16.6. The van der Waals surface area contributed by atoms with Crippen LogP contribution in [0, 0.1) is 5.92 Å². The van der Waals surface area contributed by atoms with Crippen molar-refractivity contribution in [1.29, 1.82) is 0 Å². The lowest BCUT2D eigenvalue weighted by molar-refractivity contribution is -0.142. The van der Waals surface area contributed by atoms with Crippen molar-refractivity contribution < 1.29 is 19.5 Å². The van der Waals surface area contributed by atoms with Gasteiger partial charge in [-0.25, -0.2) is 0 Å². The number of carbonyl (C=O) groups is 3. The van der Waals surface area contributed by atoms with E-state index in [0.29, 0.717) is 41.5 Å². The molecule has 0 bridgehead atoms. The van der Waals surface area contributed by atoms with Crippen LogP contribution in [0.2, 0.25) is 10.0 Å². The molecule has 0 spiro atoms. The summed E-state index contributed by atoms with van der Waals surface area (Å²) in [5, 5.41) is 12.2. The van der Waals surface area contributed by atoms with E-state index in [4.69, 9.17) is 28.3 Å². The van der Waals surface area contributed by atoms with Gasteiger partial charge in [0, 0.05) is 39.2 Å². The first kappa shape index (κ1) is 23.0. The fourth-order valence-electron chi connectivity index (χ4n) is 3.05. The van der Waals surface area contributed by atoms with Crippen molar-refractivity contribution in [2.45, 2.75) is 25.8 Å². The predicted molar refractivity (Wildman–Crippen MR) is 114 cm³/mol. The number of carbonyl (C=O) groups excluding carboxylic acids is 2. The molecule has 1 saturated heterocycles. The van der Waals surface area contributed by atoms with Gasteiger partial charge >= 0.3 is 5.97 Å². The van der Waals surface area contributed by atoms with Crippen molar-refractivity contribution in [3.05, 3.63) is 33.8 Å². The van der Waals surface area contributed by atoms with Gasteiger partial charge in [-0.2, -0.15) is 0 Å². The summed E-state index contributed by atoms with van der Waals surface area (Å²) in [6, 6.07) is 2.70. The molecule has 29 heavy (non-hydrogen) atoms. The summed E-state index contributed by atoms with van der Waals surface area (Å²) in [6.45, 7) is 2.28. The first-order chi connectivity index (χ1) is 13.6. The lowest BCUT2D eigenvalue weighted by Crippen LogP contribution is -2.46. The second-order valence-electron chi connectivity index (χ2n) is 7.20. The van der Waals surface area contributed by atoms with Crippen LogP contribution >= 0.6 is 23.2 Å². The van der Waals surface area contributed by atoms with Crippen LogP contribution in [0.5, 0.6) is 0 Å². The number of benzene rings is 1. The number of nitrogens with zero attached hydrogens (tertiary/aromatic N) is 2. The summed E-state index contributed by atoms with van der Waals surface area (Å²) in [5.41, 5.74) is 1.44. The van der Waals surface area contributed by atoms with Gasteiger partial charge in [0.15, 0.2) is 0 Å². The van der Waals surface area contributed by atoms with Crippen LogP contribution in [0.1, 0.15) is 25.3 Å². The Morgan fingerprint density at radius 2 is 1.83 bits per heavy atom. The molecule has 1 aliphatic rings. The lowest BCUT2D eigenvalue weighted by Gasteiger charge is -2.31. The molecule has 0 radical (unpaired) electrons. The number of hydrogen-bond acceptors (Lipinski definition) is 4. The number of anilines is 1. The molecule has 7 nitrogen and oxygen atoms in total. The summed E-state index contributed by atoms with van der Waals surface area (Å²) in [5.74, 6) is -1.83. The Balaban J connectivity index is 1.94. The van der Waals surface area contributed by atoms with Crippen molar-refractivity contribution in [2.24, 2.45) is 5.92 Å². The number of carboxylic acid groups (broad SMARTS) is 1. The SMILES string of the molecule is CC(NC(=O)C1CCN(C(=O)C=Cc2ccc(N(C)C)c(Cl)c2Cl)CC1)C(=O)O. The average molecular weight is 442 g/mol. The number of aliphatic carboxylic acids is 1. The summed E-state index contributed by atoms with van der Waals surface area (Å²) in [4.78, 5) is 38.9. The number of nitrogens with one attached hydrogen (secondary N) is 1. The highest BCUT2D eigenvalue weighted by molar-refractivity contribution is 6.44. The molecular formula is C20H25Cl2N3O4. The van der Waals surface area contributed by atoms with Gasteiger partial charge in [-0.3, -0.25) is 14.4 Å². The van der Waals surface area contributed by atoms with Gasteiger partial charge in [0.1, 0.15) is 6.04 Å². The maximum atomic E-state index is 12.5. The van der Waals surface area contributed by atoms with Crippen molar-refractivity contribution in [2.75, 3.05) is 32.1 Å². The minimum atomic E-state index is -1.08. The van der Waals surface area contributed by atoms with E-state index in [1.165, 1.54) is 13.0 Å². The second kappa shape index (κ2) is 9.98. The maximum absolute atomic E-state index is 12.5. The Kier molecular flexibility index (Phi) is 7.93. The lowest BCUT2D eigenvalue weighted by atomic mass is 9.95. The van der Waals surface area contributed by atoms with Gasteiger partial charge in [-0.05, 0) is 37.5 Å². The Bertz CT molecular complexity index is 818. The Morgan fingerprint density at radius 1 is 1.21 bits per heavy atom. The summed E-state index contributed by atoms with van der Waals surface area (Å²) in [7, 11) is 3.73. The van der Waals surface area contributed by atoms with Gasteiger partial charge in [-0.15, -0.1) is 0 Å². The third kappa shape index (κ3) is 5.87. The molecule has 0 saturated carbocycles. The van der Waals surface area contributed by atoms with Crippen LogP contribution in [0.4, 0.5) is 5.69 Å². The van der Waals surface area contributed by atoms with Gasteiger partial charge in [0.25, 0.3) is 0 Å². The Labute approximate surface area is 180 Å². The van der Waals surface area contributed by atoms with Crippen LogP contribution in [-0.2, 0) is 14.4 Å². The molecule has 1 fully saturated rings. The zero-order valence-corrected chi connectivity index (χ0v) is 18.1. The van der Waals surface area contributed by atoms with E-state index in [1.807, 2.05) is 25.1 Å². The molecule has 9 heteroatoms. The summed E-state index contributed by atoms with van der Waals surface area (Å²) in [6.07, 6.45) is 4.05. The van der Waals surface area contributed by atoms with Crippen LogP contribution < -0.4 is 10.2 Å². The van der Waals surface area contributed by atoms with Gasteiger partial charge in [0.05, 0.1) is 15.7 Å². The number of likely N-dealkylation sites (tertiary alicyclic amines) is 1. The van der Waals surface area contributed by atoms with E-state index in [-0.39, 0.29) is 17.7 Å². The van der Waals surface area contributed by atoms with Crippen LogP contribution in [-0.4, -0.2) is 61.0 Å². The number of hydrogen-bond donors (Lipinski definition) is 2. The fraction of sp³-hybridized carbons (Fsp3) is 0.450. The predicted octanol–water partition coefficient (Wildman–Crippen LogP) is 2.90. The van der Waals surface area contributed by atoms with E-state index >= 15 is 0 Å². The zero-order chi connectivity index (χ0) is 21.7. The van der Waals surface area contributed by atoms with Crippen molar-refractivity contribution in [1.82, 2.24) is 10.2 Å². The minimum absolute atomic E-state index is 0.174. The normalized spacial score (nSPS) is 16.0. The van der Waals surface area contributed by atoms with E-state index in [1.54, 1.807) is 17.0 Å². The van der Waals surface area contributed by atoms with Crippen molar-refractivity contribution >= 4 is 52.7 Å². The van der Waals surface area contributed by atoms with Crippen LogP contribution in [0.15, 0.2) is 18.2 Å². The highest BCUT2D eigenvalue weighted by atomic mass is 35.5. The fourth-order valence-corrected chi connectivity index (χ4v) is 3.61. The minimum Gasteiger partial charge on any atom is -0.480 e. The molecule has 1 unspecified atom stereocenters. The second-order valence-corrected chi connectivity index (χ2v) is 7.95. The van der Waals surface area contributed by atoms with Gasteiger partial charge < -0.3 is 20.2 Å². The number of piperidine rings is 1. The molecule has 2 amide bonds. The number of carboxylic acids is 1. The average Bonchev–Trinajstić information content (AvgIpc) is 2.68. The number of amides is 2. The highest BCUT2D eigenvalue weighted by Gasteiger charge is 2.28. The molecule has 1 heterocycles. The summed E-state index contributed by atoms with van der Waals surface area (Å²) < 4.78 is 0. The van der Waals surface area contributed by atoms with Crippen molar-refractivity contribution in [3.8, 4) is 0 Å². The largest absolute Gasteiger partial charge is 0.480 e. The number of rotatable bonds is 6. The van der Waals surface area contributed by atoms with E-state index in [0.717, 1.165) is 5.69 Å². The highest BCUT2D eigenvalue weighted by Crippen LogP contribution is 2.35. The number of halogens is 2. The molecule has 1 aliphatic heterocycles. The third-order valence-electron chi connectivity index (χ3n) is 4.89. The topological polar surface area (TPSA) is 90.0 Å². The molecule has 0 aromatic heterocycles. The van der Waals surface area contributed by atoms with Crippen LogP contribution in [0.3, 0.4) is 0 Å². The van der Waals surface area contributed by atoms with Crippen LogP contribution in [0.25, 0.3) is 6.08 Å². The van der Waals surface area contributed by atoms with E-state index in [2.05, 4.69) is 5.32 Å². The van der Waals surface area contributed by atoms with E-state index in [9.17, 15) is 14.4 Å². The molecule has 1 atom stereocenters. The smallest absolute Gasteiger partial charge is 0.325 e. The molecule has 158 valence electrons. The Morgan fingerprint density at radius 3 is 2.38 bits per heavy atom. The molecule has 1 aromatic rings. The Hall–Kier alpha value is -2.25. The molecular weight excluding hydrogens is 417 g/mol. The van der Waals surface area contributed by atoms with Gasteiger partial charge in [-0.1, -0.05) is 29.3 Å². The third-order valence-corrected chi connectivity index (χ3v) is 5.77. The molecule has 2 N–H and O–H groups in total. The molecule has 0 aliphatic carbocycles. The van der Waals surface area contributed by atoms with Gasteiger partial charge in [0.2, 0.25) is 11.8 Å². The standard InChI is InChI=1S/C20H25Cl2N3O4/c1-12(20(28)29)23-19(27)14-8-10-25(11-9-14)16(26)7-5-13-4-6-15(24(2)3)18(22)17(13)21/h4-7,12,14H,8-11H2,1-3H3,(H,23,27)(H,28,29). The maximum Gasteiger partial charge on any atom is 0.325 e. The molecule has 1 aromatic carbocycles. The first-order valence-electron chi connectivity index (χ1n) is 9.27. The summed E-state index contributed by atoms with van der Waals surface area (Å²) >= 11 is 12.6. The quantitative estimate of drug-likeness (QED) is 0.662. The van der Waals surface area contributed by atoms with Crippen molar-refractivity contribution in [3.63, 3.8) is 0 Å². The van der Waals surface area contributed by atoms with E-state index < -0.39 is 12.0 Å². The monoisotopic (exact) mass is 441 g/mol.